The van der Waals surface area contributed by atoms with E-state index in [4.69, 9.17) is 5.73 Å². The molecule has 3 N–H and O–H groups in total. The molecule has 0 amide bonds. The highest BCUT2D eigenvalue weighted by Crippen LogP contribution is 2.38. The van der Waals surface area contributed by atoms with Gasteiger partial charge in [0.25, 0.3) is 0 Å². The first-order chi connectivity index (χ1) is 8.31. The van der Waals surface area contributed by atoms with Crippen LogP contribution in [0.1, 0.15) is 61.6 Å². The van der Waals surface area contributed by atoms with Crippen molar-refractivity contribution in [2.24, 2.45) is 5.73 Å². The second-order valence-corrected chi connectivity index (χ2v) is 5.29. The Balaban J connectivity index is 1.95. The van der Waals surface area contributed by atoms with E-state index in [2.05, 4.69) is 22.0 Å². The van der Waals surface area contributed by atoms with Gasteiger partial charge in [0.15, 0.2) is 0 Å². The summed E-state index contributed by atoms with van der Waals surface area (Å²) in [5.41, 5.74) is 10.1. The standard InChI is InChI=1S/C13H22N4/c1-2-17-8-4-7-11(17)13-12-9(14)5-3-6-10(12)15-16-13/h9,11H,2-8,14H2,1H3,(H,15,16)/t9-,11+/m0/s1. The smallest absolute Gasteiger partial charge is 0.0844 e. The summed E-state index contributed by atoms with van der Waals surface area (Å²) in [5, 5.41) is 7.80. The van der Waals surface area contributed by atoms with Crippen LogP contribution in [-0.4, -0.2) is 28.2 Å². The topological polar surface area (TPSA) is 57.9 Å². The number of hydrogen-bond acceptors (Lipinski definition) is 3. The summed E-state index contributed by atoms with van der Waals surface area (Å²) in [6.07, 6.45) is 5.94. The molecule has 2 atom stereocenters. The number of H-pyrrole nitrogens is 1. The van der Waals surface area contributed by atoms with Gasteiger partial charge in [-0.2, -0.15) is 5.10 Å². The minimum atomic E-state index is 0.201. The summed E-state index contributed by atoms with van der Waals surface area (Å²) < 4.78 is 0. The van der Waals surface area contributed by atoms with Crippen molar-refractivity contribution < 1.29 is 0 Å². The van der Waals surface area contributed by atoms with Crippen molar-refractivity contribution in [2.45, 2.75) is 51.1 Å². The second-order valence-electron chi connectivity index (χ2n) is 5.29. The van der Waals surface area contributed by atoms with Gasteiger partial charge in [0, 0.05) is 17.3 Å². The Kier molecular flexibility index (Phi) is 2.92. The highest BCUT2D eigenvalue weighted by molar-refractivity contribution is 5.33. The summed E-state index contributed by atoms with van der Waals surface area (Å²) in [6, 6.07) is 0.705. The average Bonchev–Trinajstić information content (AvgIpc) is 2.94. The highest BCUT2D eigenvalue weighted by atomic mass is 15.2. The number of aromatic nitrogens is 2. The van der Waals surface area contributed by atoms with Gasteiger partial charge in [0.1, 0.15) is 0 Å². The molecule has 1 aromatic heterocycles. The summed E-state index contributed by atoms with van der Waals surface area (Å²) in [7, 11) is 0. The normalized spacial score (nSPS) is 29.5. The number of nitrogens with one attached hydrogen (secondary N) is 1. The van der Waals surface area contributed by atoms with Crippen molar-refractivity contribution in [3.05, 3.63) is 17.0 Å². The first-order valence-electron chi connectivity index (χ1n) is 6.88. The van der Waals surface area contributed by atoms with Crippen LogP contribution < -0.4 is 5.73 Å². The molecular weight excluding hydrogens is 212 g/mol. The molecule has 0 unspecified atom stereocenters. The monoisotopic (exact) mass is 234 g/mol. The van der Waals surface area contributed by atoms with Crippen LogP contribution in [0, 0.1) is 0 Å². The third kappa shape index (κ3) is 1.79. The zero-order chi connectivity index (χ0) is 11.8. The lowest BCUT2D eigenvalue weighted by atomic mass is 9.89. The minimum absolute atomic E-state index is 0.201. The molecule has 4 nitrogen and oxygen atoms in total. The molecule has 1 aromatic rings. The summed E-state index contributed by atoms with van der Waals surface area (Å²) in [5.74, 6) is 0. The predicted octanol–water partition coefficient (Wildman–Crippen LogP) is 1.90. The van der Waals surface area contributed by atoms with E-state index < -0.39 is 0 Å². The van der Waals surface area contributed by atoms with Crippen molar-refractivity contribution in [3.63, 3.8) is 0 Å². The molecule has 1 aliphatic carbocycles. The third-order valence-electron chi connectivity index (χ3n) is 4.31. The van der Waals surface area contributed by atoms with E-state index in [0.717, 1.165) is 19.4 Å². The SMILES string of the molecule is CCN1CCC[C@@H]1c1n[nH]c2c1[C@@H](N)CCC2. The number of nitrogens with zero attached hydrogens (tertiary/aromatic N) is 2. The molecule has 1 fully saturated rings. The van der Waals surface area contributed by atoms with Gasteiger partial charge < -0.3 is 5.73 Å². The number of hydrogen-bond donors (Lipinski definition) is 2. The Bertz CT molecular complexity index is 398. The van der Waals surface area contributed by atoms with Gasteiger partial charge in [-0.05, 0) is 45.2 Å². The van der Waals surface area contributed by atoms with Crippen LogP contribution in [0.5, 0.6) is 0 Å². The quantitative estimate of drug-likeness (QED) is 0.821. The molecule has 2 heterocycles. The number of nitrogens with two attached hydrogens (primary N) is 1. The molecule has 94 valence electrons. The maximum atomic E-state index is 6.27. The van der Waals surface area contributed by atoms with Gasteiger partial charge in [-0.15, -0.1) is 0 Å². The molecular formula is C13H22N4. The Morgan fingerprint density at radius 1 is 1.41 bits per heavy atom. The van der Waals surface area contributed by atoms with Crippen molar-refractivity contribution in [1.29, 1.82) is 0 Å². The Hall–Kier alpha value is -0.870. The van der Waals surface area contributed by atoms with Crippen LogP contribution in [-0.2, 0) is 6.42 Å². The average molecular weight is 234 g/mol. The van der Waals surface area contributed by atoms with Crippen LogP contribution in [0.2, 0.25) is 0 Å². The number of rotatable bonds is 2. The fourth-order valence-electron chi connectivity index (χ4n) is 3.42. The predicted molar refractivity (Wildman–Crippen MR) is 67.7 cm³/mol. The van der Waals surface area contributed by atoms with Crippen LogP contribution in [0.25, 0.3) is 0 Å². The molecule has 2 aliphatic rings. The molecule has 0 bridgehead atoms. The molecule has 0 saturated carbocycles. The third-order valence-corrected chi connectivity index (χ3v) is 4.31. The van der Waals surface area contributed by atoms with E-state index in [1.165, 1.54) is 42.8 Å². The summed E-state index contributed by atoms with van der Waals surface area (Å²) >= 11 is 0. The van der Waals surface area contributed by atoms with Gasteiger partial charge in [-0.3, -0.25) is 10.00 Å². The first kappa shape index (κ1) is 11.2. The zero-order valence-corrected chi connectivity index (χ0v) is 10.6. The van der Waals surface area contributed by atoms with Crippen LogP contribution in [0.15, 0.2) is 0 Å². The second kappa shape index (κ2) is 4.42. The van der Waals surface area contributed by atoms with Crippen molar-refractivity contribution in [2.75, 3.05) is 13.1 Å². The molecule has 3 rings (SSSR count). The van der Waals surface area contributed by atoms with Crippen molar-refractivity contribution >= 4 is 0 Å². The Labute approximate surface area is 103 Å². The van der Waals surface area contributed by atoms with E-state index in [9.17, 15) is 0 Å². The maximum absolute atomic E-state index is 6.27. The highest BCUT2D eigenvalue weighted by Gasteiger charge is 2.32. The number of fused-ring (bicyclic) bond motifs is 1. The van der Waals surface area contributed by atoms with E-state index >= 15 is 0 Å². The van der Waals surface area contributed by atoms with Crippen LogP contribution >= 0.6 is 0 Å². The number of aryl methyl sites for hydroxylation is 1. The van der Waals surface area contributed by atoms with Crippen molar-refractivity contribution in [1.82, 2.24) is 15.1 Å². The van der Waals surface area contributed by atoms with E-state index in [-0.39, 0.29) is 6.04 Å². The van der Waals surface area contributed by atoms with Crippen LogP contribution in [0.4, 0.5) is 0 Å². The van der Waals surface area contributed by atoms with Gasteiger partial charge >= 0.3 is 0 Å². The first-order valence-corrected chi connectivity index (χ1v) is 6.88. The minimum Gasteiger partial charge on any atom is -0.324 e. The Morgan fingerprint density at radius 3 is 3.12 bits per heavy atom. The lowest BCUT2D eigenvalue weighted by Gasteiger charge is -2.25. The fourth-order valence-corrected chi connectivity index (χ4v) is 3.42. The molecule has 4 heteroatoms. The van der Waals surface area contributed by atoms with E-state index in [1.807, 2.05) is 0 Å². The Morgan fingerprint density at radius 2 is 2.29 bits per heavy atom. The van der Waals surface area contributed by atoms with Crippen molar-refractivity contribution in [3.8, 4) is 0 Å². The zero-order valence-electron chi connectivity index (χ0n) is 10.6. The summed E-state index contributed by atoms with van der Waals surface area (Å²) in [6.45, 7) is 4.55. The maximum Gasteiger partial charge on any atom is 0.0844 e. The van der Waals surface area contributed by atoms with E-state index in [0.29, 0.717) is 6.04 Å². The van der Waals surface area contributed by atoms with Gasteiger partial charge in [0.05, 0.1) is 11.7 Å². The van der Waals surface area contributed by atoms with Crippen LogP contribution in [0.3, 0.4) is 0 Å². The molecule has 0 aromatic carbocycles. The number of likely N-dealkylation sites (tertiary alicyclic amines) is 1. The molecule has 0 radical (unpaired) electrons. The lowest BCUT2D eigenvalue weighted by Crippen LogP contribution is -2.26. The molecule has 1 aliphatic heterocycles. The fraction of sp³-hybridized carbons (Fsp3) is 0.769. The van der Waals surface area contributed by atoms with Gasteiger partial charge in [0.2, 0.25) is 0 Å². The lowest BCUT2D eigenvalue weighted by molar-refractivity contribution is 0.265. The number of aromatic amines is 1. The van der Waals surface area contributed by atoms with Gasteiger partial charge in [-0.25, -0.2) is 0 Å². The molecule has 1 saturated heterocycles. The van der Waals surface area contributed by atoms with Gasteiger partial charge in [-0.1, -0.05) is 6.92 Å². The molecule has 17 heavy (non-hydrogen) atoms. The largest absolute Gasteiger partial charge is 0.324 e. The summed E-state index contributed by atoms with van der Waals surface area (Å²) in [4.78, 5) is 2.53. The molecule has 0 spiro atoms. The van der Waals surface area contributed by atoms with E-state index in [1.54, 1.807) is 0 Å².